The van der Waals surface area contributed by atoms with Crippen LogP contribution in [0, 0.1) is 0 Å². The van der Waals surface area contributed by atoms with Crippen molar-refractivity contribution in [2.75, 3.05) is 11.1 Å². The smallest absolute Gasteiger partial charge is 0.251 e. The second-order valence-electron chi connectivity index (χ2n) is 7.31. The van der Waals surface area contributed by atoms with Crippen molar-refractivity contribution >= 4 is 39.9 Å². The van der Waals surface area contributed by atoms with Gasteiger partial charge in [-0.2, -0.15) is 0 Å². The molecular formula is C18H24N6O2S2. The van der Waals surface area contributed by atoms with E-state index < -0.39 is 5.91 Å². The van der Waals surface area contributed by atoms with E-state index in [0.717, 1.165) is 44.1 Å². The average Bonchev–Trinajstić information content (AvgIpc) is 3.31. The molecule has 0 aromatic carbocycles. The number of nitrogens with one attached hydrogen (secondary N) is 1. The van der Waals surface area contributed by atoms with E-state index in [4.69, 9.17) is 5.73 Å². The third-order valence-electron chi connectivity index (χ3n) is 5.39. The second-order valence-corrected chi connectivity index (χ2v) is 9.36. The molecule has 0 aliphatic heterocycles. The van der Waals surface area contributed by atoms with E-state index >= 15 is 0 Å². The van der Waals surface area contributed by atoms with Crippen molar-refractivity contribution in [1.82, 2.24) is 20.2 Å². The lowest BCUT2D eigenvalue weighted by Gasteiger charge is -2.21. The summed E-state index contributed by atoms with van der Waals surface area (Å²) in [6.07, 6.45) is 9.75. The standard InChI is InChI=1S/C18H24N6O2S2/c19-16(26)15-12-8-4-5-9-13(12)28-17(15)20-14(25)10-27-18-21-22-23-24(18)11-6-2-1-3-7-11/h11H,1-10H2,(H2,19,26)(H,20,25). The van der Waals surface area contributed by atoms with Crippen LogP contribution in [0.5, 0.6) is 0 Å². The molecule has 2 amide bonds. The van der Waals surface area contributed by atoms with Crippen molar-refractivity contribution in [1.29, 1.82) is 0 Å². The molecule has 3 N–H and O–H groups in total. The predicted octanol–water partition coefficient (Wildman–Crippen LogP) is 2.95. The van der Waals surface area contributed by atoms with Gasteiger partial charge in [0.25, 0.3) is 5.91 Å². The molecule has 10 heteroatoms. The van der Waals surface area contributed by atoms with Crippen LogP contribution >= 0.6 is 23.1 Å². The summed E-state index contributed by atoms with van der Waals surface area (Å²) in [6.45, 7) is 0. The fourth-order valence-electron chi connectivity index (χ4n) is 4.04. The van der Waals surface area contributed by atoms with Crippen LogP contribution in [0.3, 0.4) is 0 Å². The van der Waals surface area contributed by atoms with E-state index in [0.29, 0.717) is 21.8 Å². The van der Waals surface area contributed by atoms with Crippen molar-refractivity contribution < 1.29 is 9.59 Å². The van der Waals surface area contributed by atoms with E-state index in [-0.39, 0.29) is 11.7 Å². The molecule has 2 aromatic rings. The lowest BCUT2D eigenvalue weighted by molar-refractivity contribution is -0.113. The summed E-state index contributed by atoms with van der Waals surface area (Å²) >= 11 is 2.81. The maximum absolute atomic E-state index is 12.5. The van der Waals surface area contributed by atoms with Crippen molar-refractivity contribution in [3.05, 3.63) is 16.0 Å². The summed E-state index contributed by atoms with van der Waals surface area (Å²) < 4.78 is 1.86. The maximum atomic E-state index is 12.5. The summed E-state index contributed by atoms with van der Waals surface area (Å²) in [7, 11) is 0. The van der Waals surface area contributed by atoms with Crippen LogP contribution in [0.15, 0.2) is 5.16 Å². The Balaban J connectivity index is 1.41. The van der Waals surface area contributed by atoms with Gasteiger partial charge in [0.15, 0.2) is 0 Å². The van der Waals surface area contributed by atoms with E-state index in [9.17, 15) is 9.59 Å². The monoisotopic (exact) mass is 420 g/mol. The van der Waals surface area contributed by atoms with Gasteiger partial charge < -0.3 is 11.1 Å². The molecule has 0 spiro atoms. The summed E-state index contributed by atoms with van der Waals surface area (Å²) in [6, 6.07) is 0.319. The van der Waals surface area contributed by atoms with Gasteiger partial charge >= 0.3 is 0 Å². The highest BCUT2D eigenvalue weighted by Crippen LogP contribution is 2.38. The Morgan fingerprint density at radius 2 is 1.96 bits per heavy atom. The number of thiophene rings is 1. The molecule has 0 saturated heterocycles. The molecule has 2 aliphatic carbocycles. The Labute approximate surface area is 171 Å². The number of nitrogens with zero attached hydrogens (tertiary/aromatic N) is 4. The molecule has 0 bridgehead atoms. The number of rotatable bonds is 6. The molecule has 0 atom stereocenters. The number of aromatic nitrogens is 4. The Morgan fingerprint density at radius 3 is 2.75 bits per heavy atom. The van der Waals surface area contributed by atoms with Gasteiger partial charge in [0.2, 0.25) is 11.1 Å². The predicted molar refractivity (Wildman–Crippen MR) is 109 cm³/mol. The number of primary amides is 1. The van der Waals surface area contributed by atoms with Crippen LogP contribution in [0.1, 0.15) is 71.8 Å². The first-order chi connectivity index (χ1) is 13.6. The molecule has 4 rings (SSSR count). The molecule has 150 valence electrons. The highest BCUT2D eigenvalue weighted by atomic mass is 32.2. The number of tetrazole rings is 1. The summed E-state index contributed by atoms with van der Waals surface area (Å²) in [4.78, 5) is 25.6. The molecule has 8 nitrogen and oxygen atoms in total. The first kappa shape index (κ1) is 19.4. The maximum Gasteiger partial charge on any atom is 0.251 e. The SMILES string of the molecule is NC(=O)c1c(NC(=O)CSc2nnnn2C2CCCCC2)sc2c1CCCC2. The van der Waals surface area contributed by atoms with Crippen LogP contribution in [-0.4, -0.2) is 37.8 Å². The fourth-order valence-corrected chi connectivity index (χ4v) is 6.10. The number of carbonyl (C=O) groups excluding carboxylic acids is 2. The second kappa shape index (κ2) is 8.60. The molecule has 1 saturated carbocycles. The molecule has 2 aliphatic rings. The third-order valence-corrected chi connectivity index (χ3v) is 7.53. The Hall–Kier alpha value is -1.94. The zero-order valence-electron chi connectivity index (χ0n) is 15.6. The number of carbonyl (C=O) groups is 2. The normalized spacial score (nSPS) is 17.3. The van der Waals surface area contributed by atoms with Gasteiger partial charge in [0.05, 0.1) is 17.4 Å². The Bertz CT molecular complexity index is 872. The first-order valence-electron chi connectivity index (χ1n) is 9.78. The Morgan fingerprint density at radius 1 is 1.18 bits per heavy atom. The van der Waals surface area contributed by atoms with Crippen LogP contribution < -0.4 is 11.1 Å². The molecular weight excluding hydrogens is 396 g/mol. The molecule has 0 unspecified atom stereocenters. The number of nitrogens with two attached hydrogens (primary N) is 1. The number of thioether (sulfide) groups is 1. The van der Waals surface area contributed by atoms with Gasteiger partial charge in [0.1, 0.15) is 5.00 Å². The number of hydrogen-bond acceptors (Lipinski definition) is 7. The number of fused-ring (bicyclic) bond motifs is 1. The van der Waals surface area contributed by atoms with Gasteiger partial charge in [-0.15, -0.1) is 16.4 Å². The highest BCUT2D eigenvalue weighted by molar-refractivity contribution is 7.99. The van der Waals surface area contributed by atoms with E-state index in [1.807, 2.05) is 4.68 Å². The minimum Gasteiger partial charge on any atom is -0.365 e. The molecule has 1 fully saturated rings. The lowest BCUT2D eigenvalue weighted by atomic mass is 9.95. The van der Waals surface area contributed by atoms with E-state index in [2.05, 4.69) is 20.8 Å². The lowest BCUT2D eigenvalue weighted by Crippen LogP contribution is -2.20. The fraction of sp³-hybridized carbons (Fsp3) is 0.611. The topological polar surface area (TPSA) is 116 Å². The van der Waals surface area contributed by atoms with Gasteiger partial charge in [0, 0.05) is 4.88 Å². The third kappa shape index (κ3) is 4.07. The van der Waals surface area contributed by atoms with Crippen molar-refractivity contribution in [3.8, 4) is 0 Å². The summed E-state index contributed by atoms with van der Waals surface area (Å²) in [5.74, 6) is -0.457. The number of aryl methyl sites for hydroxylation is 1. The van der Waals surface area contributed by atoms with Crippen LogP contribution in [0.4, 0.5) is 5.00 Å². The molecule has 2 aromatic heterocycles. The number of amides is 2. The van der Waals surface area contributed by atoms with Crippen LogP contribution in [-0.2, 0) is 17.6 Å². The van der Waals surface area contributed by atoms with Gasteiger partial charge in [-0.1, -0.05) is 31.0 Å². The van der Waals surface area contributed by atoms with Crippen molar-refractivity contribution in [2.45, 2.75) is 69.0 Å². The minimum atomic E-state index is -0.469. The minimum absolute atomic E-state index is 0.177. The Kier molecular flexibility index (Phi) is 5.96. The van der Waals surface area contributed by atoms with Crippen LogP contribution in [0.25, 0.3) is 0 Å². The van der Waals surface area contributed by atoms with Gasteiger partial charge in [-0.05, 0) is 54.5 Å². The van der Waals surface area contributed by atoms with E-state index in [1.165, 1.54) is 47.2 Å². The van der Waals surface area contributed by atoms with Gasteiger partial charge in [-0.25, -0.2) is 4.68 Å². The number of hydrogen-bond donors (Lipinski definition) is 2. The summed E-state index contributed by atoms with van der Waals surface area (Å²) in [5, 5.41) is 16.1. The quantitative estimate of drug-likeness (QED) is 0.694. The zero-order valence-corrected chi connectivity index (χ0v) is 17.3. The number of anilines is 1. The van der Waals surface area contributed by atoms with E-state index in [1.54, 1.807) is 0 Å². The van der Waals surface area contributed by atoms with Crippen molar-refractivity contribution in [2.24, 2.45) is 5.73 Å². The van der Waals surface area contributed by atoms with Crippen molar-refractivity contribution in [3.63, 3.8) is 0 Å². The molecule has 28 heavy (non-hydrogen) atoms. The van der Waals surface area contributed by atoms with Crippen LogP contribution in [0.2, 0.25) is 0 Å². The highest BCUT2D eigenvalue weighted by Gasteiger charge is 2.25. The summed E-state index contributed by atoms with van der Waals surface area (Å²) in [5.41, 5.74) is 7.11. The largest absolute Gasteiger partial charge is 0.365 e. The molecule has 0 radical (unpaired) electrons. The zero-order chi connectivity index (χ0) is 19.5. The van der Waals surface area contributed by atoms with Gasteiger partial charge in [-0.3, -0.25) is 9.59 Å². The molecule has 2 heterocycles. The first-order valence-corrected chi connectivity index (χ1v) is 11.6. The average molecular weight is 421 g/mol.